The Balaban J connectivity index is 1.85. The van der Waals surface area contributed by atoms with Crippen molar-refractivity contribution in [2.24, 2.45) is 0 Å². The average molecular weight is 310 g/mol. The minimum atomic E-state index is 0.925. The molecule has 1 nitrogen and oxygen atoms in total. The van der Waals surface area contributed by atoms with Crippen LogP contribution in [0.2, 0.25) is 0 Å². The molecule has 0 saturated carbocycles. The molecule has 1 heterocycles. The van der Waals surface area contributed by atoms with Gasteiger partial charge in [0.1, 0.15) is 0 Å². The fourth-order valence-electron chi connectivity index (χ4n) is 1.64. The van der Waals surface area contributed by atoms with Crippen LogP contribution in [0.4, 0.5) is 0 Å². The van der Waals surface area contributed by atoms with Gasteiger partial charge in [0.05, 0.1) is 0 Å². The molecule has 0 spiro atoms. The van der Waals surface area contributed by atoms with Crippen LogP contribution in [0, 0.1) is 13.8 Å². The topological polar surface area (TPSA) is 12.0 Å². The number of rotatable bonds is 4. The highest BCUT2D eigenvalue weighted by Gasteiger charge is 2.02. The first-order chi connectivity index (χ1) is 8.15. The Labute approximate surface area is 115 Å². The maximum absolute atomic E-state index is 3.54. The molecule has 0 unspecified atom stereocenters. The van der Waals surface area contributed by atoms with E-state index in [1.54, 1.807) is 0 Å². The molecule has 0 radical (unpaired) electrons. The summed E-state index contributed by atoms with van der Waals surface area (Å²) in [4.78, 5) is 2.72. The smallest absolute Gasteiger partial charge is 0.0314 e. The van der Waals surface area contributed by atoms with Gasteiger partial charge in [-0.1, -0.05) is 29.8 Å². The Morgan fingerprint density at radius 1 is 1.12 bits per heavy atom. The van der Waals surface area contributed by atoms with Crippen LogP contribution in [0.5, 0.6) is 0 Å². The molecule has 0 aliphatic heterocycles. The number of halogens is 1. The summed E-state index contributed by atoms with van der Waals surface area (Å²) < 4.78 is 1.22. The molecule has 0 aliphatic rings. The third kappa shape index (κ3) is 3.66. The van der Waals surface area contributed by atoms with E-state index in [2.05, 4.69) is 65.4 Å². The fraction of sp³-hybridized carbons (Fsp3) is 0.286. The molecule has 0 aliphatic carbocycles. The fourth-order valence-corrected chi connectivity index (χ4v) is 3.21. The summed E-state index contributed by atoms with van der Waals surface area (Å²) in [6.45, 7) is 6.11. The molecule has 3 heteroatoms. The van der Waals surface area contributed by atoms with Crippen molar-refractivity contribution in [2.75, 3.05) is 0 Å². The average Bonchev–Trinajstić information content (AvgIpc) is 2.61. The molecule has 2 rings (SSSR count). The second-order valence-electron chi connectivity index (χ2n) is 4.21. The van der Waals surface area contributed by atoms with Gasteiger partial charge >= 0.3 is 0 Å². The van der Waals surface area contributed by atoms with Crippen LogP contribution in [0.25, 0.3) is 0 Å². The van der Waals surface area contributed by atoms with Crippen molar-refractivity contribution in [3.63, 3.8) is 0 Å². The summed E-state index contributed by atoms with van der Waals surface area (Å²) in [6.07, 6.45) is 0. The maximum Gasteiger partial charge on any atom is 0.0314 e. The highest BCUT2D eigenvalue weighted by molar-refractivity contribution is 9.10. The van der Waals surface area contributed by atoms with Gasteiger partial charge < -0.3 is 5.32 Å². The molecule has 90 valence electrons. The van der Waals surface area contributed by atoms with Crippen LogP contribution in [0.15, 0.2) is 34.8 Å². The van der Waals surface area contributed by atoms with E-state index in [4.69, 9.17) is 0 Å². The largest absolute Gasteiger partial charge is 0.308 e. The molecule has 0 fully saturated rings. The second kappa shape index (κ2) is 5.80. The molecule has 1 aromatic heterocycles. The Kier molecular flexibility index (Phi) is 4.37. The standard InChI is InChI=1S/C14H16BrNS/c1-10-3-5-12(6-4-10)8-16-9-13-7-14(15)11(2)17-13/h3-7,16H,8-9H2,1-2H3. The Morgan fingerprint density at radius 3 is 2.41 bits per heavy atom. The minimum Gasteiger partial charge on any atom is -0.308 e. The van der Waals surface area contributed by atoms with Gasteiger partial charge in [-0.05, 0) is 41.4 Å². The first-order valence-corrected chi connectivity index (χ1v) is 7.27. The van der Waals surface area contributed by atoms with Crippen LogP contribution in [0.3, 0.4) is 0 Å². The van der Waals surface area contributed by atoms with Gasteiger partial charge in [0.2, 0.25) is 0 Å². The molecule has 0 saturated heterocycles. The van der Waals surface area contributed by atoms with Crippen LogP contribution < -0.4 is 5.32 Å². The van der Waals surface area contributed by atoms with Crippen molar-refractivity contribution < 1.29 is 0 Å². The molecule has 2 aromatic rings. The van der Waals surface area contributed by atoms with Crippen molar-refractivity contribution in [1.29, 1.82) is 0 Å². The summed E-state index contributed by atoms with van der Waals surface area (Å²) in [7, 11) is 0. The van der Waals surface area contributed by atoms with Crippen molar-refractivity contribution in [3.8, 4) is 0 Å². The highest BCUT2D eigenvalue weighted by Crippen LogP contribution is 2.26. The molecule has 1 aromatic carbocycles. The molecular formula is C14H16BrNS. The van der Waals surface area contributed by atoms with Gasteiger partial charge in [0.25, 0.3) is 0 Å². The van der Waals surface area contributed by atoms with Crippen LogP contribution >= 0.6 is 27.3 Å². The van der Waals surface area contributed by atoms with Gasteiger partial charge in [-0.25, -0.2) is 0 Å². The van der Waals surface area contributed by atoms with Crippen molar-refractivity contribution in [3.05, 3.63) is 55.7 Å². The Hall–Kier alpha value is -0.640. The van der Waals surface area contributed by atoms with Gasteiger partial charge in [-0.2, -0.15) is 0 Å². The quantitative estimate of drug-likeness (QED) is 0.881. The monoisotopic (exact) mass is 309 g/mol. The number of benzene rings is 1. The van der Waals surface area contributed by atoms with Crippen molar-refractivity contribution in [2.45, 2.75) is 26.9 Å². The van der Waals surface area contributed by atoms with E-state index in [1.807, 2.05) is 11.3 Å². The van der Waals surface area contributed by atoms with Gasteiger partial charge in [-0.15, -0.1) is 11.3 Å². The van der Waals surface area contributed by atoms with E-state index in [0.29, 0.717) is 0 Å². The maximum atomic E-state index is 3.54. The van der Waals surface area contributed by atoms with E-state index in [9.17, 15) is 0 Å². The van der Waals surface area contributed by atoms with Gasteiger partial charge in [0, 0.05) is 27.3 Å². The molecule has 0 bridgehead atoms. The van der Waals surface area contributed by atoms with Crippen LogP contribution in [-0.2, 0) is 13.1 Å². The lowest BCUT2D eigenvalue weighted by Gasteiger charge is -2.03. The van der Waals surface area contributed by atoms with E-state index in [1.165, 1.54) is 25.4 Å². The zero-order chi connectivity index (χ0) is 12.3. The summed E-state index contributed by atoms with van der Waals surface area (Å²) in [5, 5.41) is 3.47. The Bertz CT molecular complexity index is 468. The summed E-state index contributed by atoms with van der Waals surface area (Å²) in [5.41, 5.74) is 2.65. The van der Waals surface area contributed by atoms with Crippen LogP contribution in [0.1, 0.15) is 20.9 Å². The molecular weight excluding hydrogens is 294 g/mol. The minimum absolute atomic E-state index is 0.925. The summed E-state index contributed by atoms with van der Waals surface area (Å²) in [6, 6.07) is 10.9. The third-order valence-corrected chi connectivity index (χ3v) is 4.79. The van der Waals surface area contributed by atoms with Crippen LogP contribution in [-0.4, -0.2) is 0 Å². The van der Waals surface area contributed by atoms with E-state index < -0.39 is 0 Å². The van der Waals surface area contributed by atoms with Crippen molar-refractivity contribution in [1.82, 2.24) is 5.32 Å². The molecule has 17 heavy (non-hydrogen) atoms. The number of hydrogen-bond acceptors (Lipinski definition) is 2. The van der Waals surface area contributed by atoms with Gasteiger partial charge in [-0.3, -0.25) is 0 Å². The zero-order valence-corrected chi connectivity index (χ0v) is 12.5. The molecule has 0 amide bonds. The summed E-state index contributed by atoms with van der Waals surface area (Å²) >= 11 is 5.39. The number of nitrogens with one attached hydrogen (secondary N) is 1. The van der Waals surface area contributed by atoms with E-state index in [0.717, 1.165) is 13.1 Å². The number of thiophene rings is 1. The second-order valence-corrected chi connectivity index (χ2v) is 6.40. The lowest BCUT2D eigenvalue weighted by atomic mass is 10.1. The predicted octanol–water partition coefficient (Wildman–Crippen LogP) is 4.42. The first-order valence-electron chi connectivity index (χ1n) is 5.66. The Morgan fingerprint density at radius 2 is 1.82 bits per heavy atom. The molecule has 1 N–H and O–H groups in total. The number of aryl methyl sites for hydroxylation is 2. The lowest BCUT2D eigenvalue weighted by molar-refractivity contribution is 0.701. The highest BCUT2D eigenvalue weighted by atomic mass is 79.9. The third-order valence-electron chi connectivity index (χ3n) is 2.66. The van der Waals surface area contributed by atoms with E-state index >= 15 is 0 Å². The van der Waals surface area contributed by atoms with E-state index in [-0.39, 0.29) is 0 Å². The van der Waals surface area contributed by atoms with Crippen molar-refractivity contribution >= 4 is 27.3 Å². The lowest BCUT2D eigenvalue weighted by Crippen LogP contribution is -2.11. The van der Waals surface area contributed by atoms with Gasteiger partial charge in [0.15, 0.2) is 0 Å². The predicted molar refractivity (Wildman–Crippen MR) is 78.5 cm³/mol. The number of hydrogen-bond donors (Lipinski definition) is 1. The summed E-state index contributed by atoms with van der Waals surface area (Å²) in [5.74, 6) is 0. The normalized spacial score (nSPS) is 10.8. The SMILES string of the molecule is Cc1ccc(CNCc2cc(Br)c(C)s2)cc1. The molecule has 0 atom stereocenters. The first kappa shape index (κ1) is 12.8. The zero-order valence-electron chi connectivity index (χ0n) is 10.1.